The van der Waals surface area contributed by atoms with Crippen LogP contribution in [0.3, 0.4) is 0 Å². The number of amides is 1. The molecule has 1 rings (SSSR count). The van der Waals surface area contributed by atoms with Crippen LogP contribution in [-0.2, 0) is 9.53 Å². The summed E-state index contributed by atoms with van der Waals surface area (Å²) in [6.07, 6.45) is 7.21. The summed E-state index contributed by atoms with van der Waals surface area (Å²) in [7, 11) is 0. The maximum Gasteiger partial charge on any atom is 0.209 e. The van der Waals surface area contributed by atoms with Crippen molar-refractivity contribution in [2.45, 2.75) is 51.2 Å². The molecule has 0 saturated carbocycles. The average Bonchev–Trinajstić information content (AvgIpc) is 2.17. The summed E-state index contributed by atoms with van der Waals surface area (Å²) in [5.74, 6) is 0. The quantitative estimate of drug-likeness (QED) is 0.663. The third-order valence-electron chi connectivity index (χ3n) is 2.61. The summed E-state index contributed by atoms with van der Waals surface area (Å²) in [6, 6.07) is 0. The van der Waals surface area contributed by atoms with Gasteiger partial charge in [-0.15, -0.1) is 0 Å². The maximum absolute atomic E-state index is 10.5. The average molecular weight is 185 g/mol. The first-order valence-electron chi connectivity index (χ1n) is 5.18. The smallest absolute Gasteiger partial charge is 0.209 e. The molecule has 1 fully saturated rings. The Morgan fingerprint density at radius 1 is 1.54 bits per heavy atom. The number of carbonyl (C=O) groups is 1. The fourth-order valence-electron chi connectivity index (χ4n) is 1.81. The summed E-state index contributed by atoms with van der Waals surface area (Å²) in [4.78, 5) is 10.5. The first-order valence-corrected chi connectivity index (χ1v) is 5.18. The predicted octanol–water partition coefficient (Wildman–Crippen LogP) is 1.82. The van der Waals surface area contributed by atoms with Crippen LogP contribution in [0.15, 0.2) is 0 Å². The lowest BCUT2D eigenvalue weighted by molar-refractivity contribution is -0.132. The zero-order valence-electron chi connectivity index (χ0n) is 8.34. The van der Waals surface area contributed by atoms with E-state index < -0.39 is 0 Å². The molecule has 0 bridgehead atoms. The van der Waals surface area contributed by atoms with Gasteiger partial charge in [-0.25, -0.2) is 0 Å². The molecule has 0 aromatic carbocycles. The van der Waals surface area contributed by atoms with Crippen LogP contribution >= 0.6 is 0 Å². The van der Waals surface area contributed by atoms with Gasteiger partial charge in [-0.1, -0.05) is 13.3 Å². The van der Waals surface area contributed by atoms with Gasteiger partial charge in [0.15, 0.2) is 0 Å². The van der Waals surface area contributed by atoms with Gasteiger partial charge in [0.05, 0.1) is 0 Å². The first kappa shape index (κ1) is 10.5. The fraction of sp³-hybridized carbons (Fsp3) is 0.900. The highest BCUT2D eigenvalue weighted by Gasteiger charge is 2.31. The van der Waals surface area contributed by atoms with Gasteiger partial charge in [-0.05, 0) is 32.1 Å². The van der Waals surface area contributed by atoms with E-state index in [2.05, 4.69) is 12.2 Å². The van der Waals surface area contributed by atoms with Gasteiger partial charge in [0.1, 0.15) is 5.72 Å². The van der Waals surface area contributed by atoms with Crippen molar-refractivity contribution >= 4 is 6.41 Å². The molecule has 1 N–H and O–H groups in total. The Bertz CT molecular complexity index is 153. The molecule has 0 aliphatic carbocycles. The molecule has 1 aliphatic heterocycles. The Kier molecular flexibility index (Phi) is 4.22. The number of unbranched alkanes of at least 4 members (excludes halogenated alkanes) is 1. The Balaban J connectivity index is 2.45. The van der Waals surface area contributed by atoms with E-state index in [0.29, 0.717) is 0 Å². The van der Waals surface area contributed by atoms with Crippen molar-refractivity contribution in [3.8, 4) is 0 Å². The van der Waals surface area contributed by atoms with Crippen molar-refractivity contribution in [2.75, 3.05) is 6.61 Å². The molecular formula is C10H19NO2. The lowest BCUT2D eigenvalue weighted by Crippen LogP contribution is -2.49. The summed E-state index contributed by atoms with van der Waals surface area (Å²) < 4.78 is 5.67. The standard InChI is InChI=1S/C10H19NO2/c1-2-3-6-10(11-9-12)7-4-5-8-13-10/h9H,2-8H2,1H3,(H,11,12). The minimum atomic E-state index is -0.337. The zero-order chi connectivity index (χ0) is 9.57. The highest BCUT2D eigenvalue weighted by molar-refractivity contribution is 5.47. The molecule has 1 saturated heterocycles. The number of nitrogens with one attached hydrogen (secondary N) is 1. The predicted molar refractivity (Wildman–Crippen MR) is 51.3 cm³/mol. The number of hydrogen-bond acceptors (Lipinski definition) is 2. The minimum Gasteiger partial charge on any atom is -0.356 e. The van der Waals surface area contributed by atoms with Crippen molar-refractivity contribution in [1.29, 1.82) is 0 Å². The maximum atomic E-state index is 10.5. The molecule has 0 radical (unpaired) electrons. The van der Waals surface area contributed by atoms with Gasteiger partial charge >= 0.3 is 0 Å². The molecule has 3 nitrogen and oxygen atoms in total. The third-order valence-corrected chi connectivity index (χ3v) is 2.61. The van der Waals surface area contributed by atoms with E-state index in [1.54, 1.807) is 0 Å². The van der Waals surface area contributed by atoms with Crippen LogP contribution in [-0.4, -0.2) is 18.7 Å². The van der Waals surface area contributed by atoms with Crippen molar-refractivity contribution < 1.29 is 9.53 Å². The fourth-order valence-corrected chi connectivity index (χ4v) is 1.81. The summed E-state index contributed by atoms with van der Waals surface area (Å²) >= 11 is 0. The molecule has 1 unspecified atom stereocenters. The van der Waals surface area contributed by atoms with Crippen molar-refractivity contribution in [3.05, 3.63) is 0 Å². The molecule has 1 aliphatic rings. The molecule has 1 amide bonds. The normalized spacial score (nSPS) is 28.4. The first-order chi connectivity index (χ1) is 6.33. The van der Waals surface area contributed by atoms with Crippen molar-refractivity contribution in [2.24, 2.45) is 0 Å². The molecule has 1 heterocycles. The number of rotatable bonds is 5. The van der Waals surface area contributed by atoms with E-state index >= 15 is 0 Å². The number of ether oxygens (including phenoxy) is 1. The molecule has 76 valence electrons. The second-order valence-corrected chi connectivity index (χ2v) is 3.67. The second-order valence-electron chi connectivity index (χ2n) is 3.67. The van der Waals surface area contributed by atoms with Crippen LogP contribution < -0.4 is 5.32 Å². The molecule has 0 aromatic heterocycles. The SMILES string of the molecule is CCCCC1(NC=O)CCCCO1. The Morgan fingerprint density at radius 3 is 2.92 bits per heavy atom. The summed E-state index contributed by atoms with van der Waals surface area (Å²) in [6.45, 7) is 2.93. The second kappa shape index (κ2) is 5.22. The van der Waals surface area contributed by atoms with Gasteiger partial charge in [0.2, 0.25) is 6.41 Å². The van der Waals surface area contributed by atoms with Crippen LogP contribution in [0, 0.1) is 0 Å². The molecule has 13 heavy (non-hydrogen) atoms. The van der Waals surface area contributed by atoms with E-state index in [-0.39, 0.29) is 5.72 Å². The highest BCUT2D eigenvalue weighted by atomic mass is 16.5. The number of carbonyl (C=O) groups excluding carboxylic acids is 1. The zero-order valence-corrected chi connectivity index (χ0v) is 8.34. The van der Waals surface area contributed by atoms with E-state index in [4.69, 9.17) is 4.74 Å². The lowest BCUT2D eigenvalue weighted by Gasteiger charge is -2.36. The van der Waals surface area contributed by atoms with E-state index in [1.165, 1.54) is 0 Å². The van der Waals surface area contributed by atoms with Crippen LogP contribution in [0.2, 0.25) is 0 Å². The Labute approximate surface area is 79.8 Å². The number of hydrogen-bond donors (Lipinski definition) is 1. The van der Waals surface area contributed by atoms with Crippen LogP contribution in [0.25, 0.3) is 0 Å². The van der Waals surface area contributed by atoms with E-state index in [0.717, 1.165) is 51.5 Å². The molecular weight excluding hydrogens is 166 g/mol. The molecule has 0 aromatic rings. The topological polar surface area (TPSA) is 38.3 Å². The van der Waals surface area contributed by atoms with Crippen LogP contribution in [0.5, 0.6) is 0 Å². The van der Waals surface area contributed by atoms with Crippen LogP contribution in [0.1, 0.15) is 45.4 Å². The van der Waals surface area contributed by atoms with E-state index in [1.807, 2.05) is 0 Å². The Morgan fingerprint density at radius 2 is 2.38 bits per heavy atom. The lowest BCUT2D eigenvalue weighted by atomic mass is 9.97. The van der Waals surface area contributed by atoms with Gasteiger partial charge < -0.3 is 10.1 Å². The largest absolute Gasteiger partial charge is 0.356 e. The third kappa shape index (κ3) is 2.99. The van der Waals surface area contributed by atoms with Gasteiger partial charge in [0.25, 0.3) is 0 Å². The van der Waals surface area contributed by atoms with Gasteiger partial charge in [0, 0.05) is 6.61 Å². The van der Waals surface area contributed by atoms with Crippen molar-refractivity contribution in [3.63, 3.8) is 0 Å². The van der Waals surface area contributed by atoms with Gasteiger partial charge in [-0.3, -0.25) is 4.79 Å². The Hall–Kier alpha value is -0.570. The minimum absolute atomic E-state index is 0.337. The van der Waals surface area contributed by atoms with Gasteiger partial charge in [-0.2, -0.15) is 0 Å². The van der Waals surface area contributed by atoms with Crippen molar-refractivity contribution in [1.82, 2.24) is 5.32 Å². The molecule has 0 spiro atoms. The van der Waals surface area contributed by atoms with Crippen LogP contribution in [0.4, 0.5) is 0 Å². The summed E-state index contributed by atoms with van der Waals surface area (Å²) in [5, 5.41) is 2.83. The monoisotopic (exact) mass is 185 g/mol. The highest BCUT2D eigenvalue weighted by Crippen LogP contribution is 2.26. The molecule has 3 heteroatoms. The summed E-state index contributed by atoms with van der Waals surface area (Å²) in [5.41, 5.74) is -0.337. The van der Waals surface area contributed by atoms with E-state index in [9.17, 15) is 4.79 Å². The molecule has 1 atom stereocenters.